The molecule has 3 heteroatoms. The van der Waals surface area contributed by atoms with Gasteiger partial charge in [-0.25, -0.2) is 0 Å². The van der Waals surface area contributed by atoms with Gasteiger partial charge in [0.25, 0.3) is 0 Å². The van der Waals surface area contributed by atoms with Crippen molar-refractivity contribution in [2.75, 3.05) is 44.2 Å². The van der Waals surface area contributed by atoms with E-state index in [-0.39, 0.29) is 5.54 Å². The lowest BCUT2D eigenvalue weighted by molar-refractivity contribution is 0.143. The van der Waals surface area contributed by atoms with Crippen LogP contribution < -0.4 is 9.38 Å². The largest absolute Gasteiger partial charge is 0.372 e. The predicted molar refractivity (Wildman–Crippen MR) is 155 cm³/mol. The van der Waals surface area contributed by atoms with Gasteiger partial charge < -0.3 is 4.90 Å². The van der Waals surface area contributed by atoms with Crippen molar-refractivity contribution in [3.05, 3.63) is 84.1 Å². The summed E-state index contributed by atoms with van der Waals surface area (Å²) in [6, 6.07) is 20.4. The zero-order chi connectivity index (χ0) is 25.3. The fourth-order valence-corrected chi connectivity index (χ4v) is 6.11. The number of benzene rings is 2. The Labute approximate surface area is 215 Å². The Hall–Kier alpha value is -2.36. The lowest BCUT2D eigenvalue weighted by Gasteiger charge is -2.45. The van der Waals surface area contributed by atoms with Gasteiger partial charge in [-0.1, -0.05) is 57.2 Å². The first-order valence-corrected chi connectivity index (χ1v) is 13.9. The van der Waals surface area contributed by atoms with Crippen LogP contribution in [0.2, 0.25) is 0 Å². The number of hydrogen-bond donors (Lipinski definition) is 0. The molecule has 0 radical (unpaired) electrons. The molecule has 3 rings (SSSR count). The molecule has 0 bridgehead atoms. The molecular weight excluding hydrogens is 426 g/mol. The third-order valence-electron chi connectivity index (χ3n) is 8.09. The standard InChI is InChI=1S/C32H48N3/c1-7-26-35(12-6,30-20-18-29(19-21-30)33(8-2)9-3)31-22-24-32(25-23-31,34(10-4)11-5)27-28-16-14-13-15-17-28/h13-24H,7-12,25-27H2,1-6H3/q+1. The van der Waals surface area contributed by atoms with E-state index >= 15 is 0 Å². The molecule has 190 valence electrons. The quantitative estimate of drug-likeness (QED) is 0.278. The molecule has 0 saturated heterocycles. The average molecular weight is 475 g/mol. The molecule has 1 aliphatic carbocycles. The Morgan fingerprint density at radius 1 is 0.800 bits per heavy atom. The van der Waals surface area contributed by atoms with Crippen LogP contribution in [-0.4, -0.2) is 49.7 Å². The van der Waals surface area contributed by atoms with E-state index in [1.165, 1.54) is 22.6 Å². The SMILES string of the molecule is CCC[N+](CC)(C1=CCC(Cc2ccccc2)(N(CC)CC)C=C1)c1ccc(N(CC)CC)cc1. The summed E-state index contributed by atoms with van der Waals surface area (Å²) < 4.78 is 0.922. The molecular formula is C32H48N3+. The van der Waals surface area contributed by atoms with Crippen LogP contribution in [0.15, 0.2) is 78.5 Å². The van der Waals surface area contributed by atoms with E-state index in [4.69, 9.17) is 0 Å². The second-order valence-corrected chi connectivity index (χ2v) is 9.80. The minimum atomic E-state index is 0.0383. The van der Waals surface area contributed by atoms with Crippen LogP contribution in [0.5, 0.6) is 0 Å². The van der Waals surface area contributed by atoms with Crippen LogP contribution in [0.25, 0.3) is 0 Å². The van der Waals surface area contributed by atoms with Crippen molar-refractivity contribution >= 4 is 11.4 Å². The van der Waals surface area contributed by atoms with Gasteiger partial charge in [0, 0.05) is 36.4 Å². The fraction of sp³-hybridized carbons (Fsp3) is 0.500. The lowest BCUT2D eigenvalue weighted by atomic mass is 9.81. The lowest BCUT2D eigenvalue weighted by Crippen LogP contribution is -2.52. The van der Waals surface area contributed by atoms with E-state index in [1.807, 2.05) is 0 Å². The first-order valence-electron chi connectivity index (χ1n) is 13.9. The van der Waals surface area contributed by atoms with Crippen LogP contribution in [-0.2, 0) is 6.42 Å². The number of rotatable bonds is 13. The van der Waals surface area contributed by atoms with E-state index in [9.17, 15) is 0 Å². The molecule has 0 fully saturated rings. The smallest absolute Gasteiger partial charge is 0.138 e. The van der Waals surface area contributed by atoms with Gasteiger partial charge in [0.05, 0.1) is 13.1 Å². The molecule has 3 nitrogen and oxygen atoms in total. The molecule has 0 heterocycles. The number of quaternary nitrogens is 1. The monoisotopic (exact) mass is 474 g/mol. The van der Waals surface area contributed by atoms with Crippen molar-refractivity contribution < 1.29 is 0 Å². The second-order valence-electron chi connectivity index (χ2n) is 9.80. The summed E-state index contributed by atoms with van der Waals surface area (Å²) in [4.78, 5) is 5.06. The Bertz CT molecular complexity index is 954. The number of likely N-dealkylation sites (N-methyl/N-ethyl adjacent to an activating group) is 2. The fourth-order valence-electron chi connectivity index (χ4n) is 6.11. The Balaban J connectivity index is 1.97. The summed E-state index contributed by atoms with van der Waals surface area (Å²) in [5.41, 5.74) is 5.62. The van der Waals surface area contributed by atoms with Gasteiger partial charge in [-0.2, -0.15) is 0 Å². The van der Waals surface area contributed by atoms with Gasteiger partial charge in [0.15, 0.2) is 0 Å². The van der Waals surface area contributed by atoms with Gasteiger partial charge >= 0.3 is 0 Å². The molecule has 0 aromatic heterocycles. The van der Waals surface area contributed by atoms with Crippen molar-refractivity contribution in [2.24, 2.45) is 0 Å². The maximum absolute atomic E-state index is 2.64. The molecule has 0 aliphatic heterocycles. The summed E-state index contributed by atoms with van der Waals surface area (Å²) in [5, 5.41) is 0. The Morgan fingerprint density at radius 3 is 1.94 bits per heavy atom. The summed E-state index contributed by atoms with van der Waals surface area (Å²) >= 11 is 0. The molecule has 35 heavy (non-hydrogen) atoms. The van der Waals surface area contributed by atoms with Gasteiger partial charge in [-0.3, -0.25) is 9.38 Å². The highest BCUT2D eigenvalue weighted by Crippen LogP contribution is 2.38. The summed E-state index contributed by atoms with van der Waals surface area (Å²) in [6.07, 6.45) is 10.8. The third-order valence-corrected chi connectivity index (χ3v) is 8.09. The molecule has 1 aliphatic rings. The van der Waals surface area contributed by atoms with Crippen molar-refractivity contribution in [3.63, 3.8) is 0 Å². The van der Waals surface area contributed by atoms with Gasteiger partial charge in [-0.05, 0) is 83.0 Å². The van der Waals surface area contributed by atoms with E-state index in [0.717, 1.165) is 63.0 Å². The number of anilines is 1. The highest BCUT2D eigenvalue weighted by Gasteiger charge is 2.39. The molecule has 0 spiro atoms. The number of nitrogens with zero attached hydrogens (tertiary/aromatic N) is 3. The molecule has 2 atom stereocenters. The van der Waals surface area contributed by atoms with Crippen molar-refractivity contribution in [2.45, 2.75) is 66.3 Å². The van der Waals surface area contributed by atoms with Gasteiger partial charge in [0.2, 0.25) is 0 Å². The van der Waals surface area contributed by atoms with Gasteiger partial charge in [-0.15, -0.1) is 0 Å². The minimum Gasteiger partial charge on any atom is -0.372 e. The molecule has 2 aromatic carbocycles. The first kappa shape index (κ1) is 27.2. The zero-order valence-electron chi connectivity index (χ0n) is 23.1. The summed E-state index contributed by atoms with van der Waals surface area (Å²) in [5.74, 6) is 0. The van der Waals surface area contributed by atoms with E-state index < -0.39 is 0 Å². The molecule has 2 unspecified atom stereocenters. The maximum Gasteiger partial charge on any atom is 0.138 e. The second kappa shape index (κ2) is 12.6. The van der Waals surface area contributed by atoms with Crippen LogP contribution in [0, 0.1) is 0 Å². The predicted octanol–water partition coefficient (Wildman–Crippen LogP) is 7.44. The number of hydrogen-bond acceptors (Lipinski definition) is 2. The van der Waals surface area contributed by atoms with Crippen LogP contribution in [0.3, 0.4) is 0 Å². The van der Waals surface area contributed by atoms with Crippen molar-refractivity contribution in [1.29, 1.82) is 0 Å². The topological polar surface area (TPSA) is 6.48 Å². The van der Waals surface area contributed by atoms with Crippen LogP contribution >= 0.6 is 0 Å². The van der Waals surface area contributed by atoms with Crippen LogP contribution in [0.1, 0.15) is 59.9 Å². The van der Waals surface area contributed by atoms with E-state index in [2.05, 4.69) is 124 Å². The highest BCUT2D eigenvalue weighted by atomic mass is 15.4. The van der Waals surface area contributed by atoms with Crippen molar-refractivity contribution in [3.8, 4) is 0 Å². The molecule has 0 amide bonds. The highest BCUT2D eigenvalue weighted by molar-refractivity contribution is 5.58. The Kier molecular flexibility index (Phi) is 9.77. The normalized spacial score (nSPS) is 19.5. The number of allylic oxidation sites excluding steroid dienone is 1. The molecule has 0 N–H and O–H groups in total. The average Bonchev–Trinajstić information content (AvgIpc) is 2.90. The summed E-state index contributed by atoms with van der Waals surface area (Å²) in [7, 11) is 0. The zero-order valence-corrected chi connectivity index (χ0v) is 23.1. The summed E-state index contributed by atoms with van der Waals surface area (Å²) in [6.45, 7) is 20.1. The minimum absolute atomic E-state index is 0.0383. The van der Waals surface area contributed by atoms with Crippen molar-refractivity contribution in [1.82, 2.24) is 9.38 Å². The van der Waals surface area contributed by atoms with E-state index in [1.54, 1.807) is 0 Å². The molecule has 0 saturated carbocycles. The third kappa shape index (κ3) is 5.73. The molecule has 2 aromatic rings. The van der Waals surface area contributed by atoms with E-state index in [0.29, 0.717) is 0 Å². The maximum atomic E-state index is 2.64. The van der Waals surface area contributed by atoms with Gasteiger partial charge in [0.1, 0.15) is 11.4 Å². The first-order chi connectivity index (χ1) is 17.0. The Morgan fingerprint density at radius 2 is 1.46 bits per heavy atom. The van der Waals surface area contributed by atoms with Crippen LogP contribution in [0.4, 0.5) is 11.4 Å².